The van der Waals surface area contributed by atoms with Crippen molar-refractivity contribution in [2.75, 3.05) is 25.5 Å². The maximum atomic E-state index is 12.4. The van der Waals surface area contributed by atoms with Crippen molar-refractivity contribution in [3.63, 3.8) is 0 Å². The van der Waals surface area contributed by atoms with E-state index in [1.807, 2.05) is 6.07 Å². The van der Waals surface area contributed by atoms with Gasteiger partial charge in [0.15, 0.2) is 6.61 Å². The van der Waals surface area contributed by atoms with Crippen LogP contribution in [0.15, 0.2) is 42.5 Å². The third-order valence-corrected chi connectivity index (χ3v) is 5.42. The largest absolute Gasteiger partial charge is 0.452 e. The lowest BCUT2D eigenvalue weighted by molar-refractivity contribution is -0.128. The number of likely N-dealkylation sites (tertiary alicyclic amines) is 1. The van der Waals surface area contributed by atoms with Crippen molar-refractivity contribution in [3.05, 3.63) is 64.7 Å². The molecule has 0 bridgehead atoms. The maximum Gasteiger partial charge on any atom is 0.338 e. The van der Waals surface area contributed by atoms with Crippen LogP contribution >= 0.6 is 0 Å². The first kappa shape index (κ1) is 21.2. The van der Waals surface area contributed by atoms with Crippen LogP contribution in [0.25, 0.3) is 0 Å². The Kier molecular flexibility index (Phi) is 5.72. The van der Waals surface area contributed by atoms with Crippen molar-refractivity contribution in [2.24, 2.45) is 0 Å². The highest BCUT2D eigenvalue weighted by atomic mass is 16.5. The van der Waals surface area contributed by atoms with Gasteiger partial charge >= 0.3 is 5.97 Å². The van der Waals surface area contributed by atoms with Crippen LogP contribution in [0.3, 0.4) is 0 Å². The second-order valence-electron chi connectivity index (χ2n) is 7.67. The molecule has 0 atom stereocenters. The molecule has 2 aliphatic rings. The van der Waals surface area contributed by atoms with E-state index < -0.39 is 30.3 Å². The van der Waals surface area contributed by atoms with Gasteiger partial charge in [-0.1, -0.05) is 12.1 Å². The Morgan fingerprint density at radius 1 is 1.03 bits per heavy atom. The standard InChI is InChI=1S/C23H21N3O6/c1-25-21(29)17-8-7-16(11-18(17)22(25)30)24-19(27)13-32-23(31)15-5-2-4-14(10-15)12-26-9-3-6-20(26)28/h2,4-5,7-8,10-11H,3,6,9,12-13H2,1H3,(H,24,27). The number of hydrogen-bond acceptors (Lipinski definition) is 6. The summed E-state index contributed by atoms with van der Waals surface area (Å²) in [6, 6.07) is 11.1. The minimum absolute atomic E-state index is 0.0962. The quantitative estimate of drug-likeness (QED) is 0.547. The van der Waals surface area contributed by atoms with Gasteiger partial charge in [-0.2, -0.15) is 0 Å². The molecule has 4 rings (SSSR count). The summed E-state index contributed by atoms with van der Waals surface area (Å²) < 4.78 is 5.10. The molecule has 2 aromatic rings. The molecule has 9 nitrogen and oxygen atoms in total. The highest BCUT2D eigenvalue weighted by molar-refractivity contribution is 6.21. The van der Waals surface area contributed by atoms with Crippen molar-refractivity contribution >= 4 is 35.3 Å². The third-order valence-electron chi connectivity index (χ3n) is 5.42. The van der Waals surface area contributed by atoms with Gasteiger partial charge in [0, 0.05) is 32.2 Å². The Labute approximate surface area is 183 Å². The zero-order chi connectivity index (χ0) is 22.8. The van der Waals surface area contributed by atoms with Gasteiger partial charge in [-0.25, -0.2) is 4.79 Å². The number of anilines is 1. The Balaban J connectivity index is 1.33. The first-order chi connectivity index (χ1) is 15.3. The number of ether oxygens (including phenoxy) is 1. The topological polar surface area (TPSA) is 113 Å². The van der Waals surface area contributed by atoms with Crippen LogP contribution in [0.5, 0.6) is 0 Å². The lowest BCUT2D eigenvalue weighted by atomic mass is 10.1. The molecule has 0 spiro atoms. The lowest BCUT2D eigenvalue weighted by Crippen LogP contribution is -2.24. The van der Waals surface area contributed by atoms with Crippen molar-refractivity contribution < 1.29 is 28.7 Å². The van der Waals surface area contributed by atoms with E-state index in [0.717, 1.165) is 16.9 Å². The Morgan fingerprint density at radius 3 is 2.56 bits per heavy atom. The molecule has 9 heteroatoms. The van der Waals surface area contributed by atoms with Crippen LogP contribution in [0.1, 0.15) is 49.5 Å². The summed E-state index contributed by atoms with van der Waals surface area (Å²) in [5.41, 5.74) is 1.89. The van der Waals surface area contributed by atoms with Crippen LogP contribution in [0.2, 0.25) is 0 Å². The number of nitrogens with zero attached hydrogens (tertiary/aromatic N) is 2. The second kappa shape index (κ2) is 8.62. The highest BCUT2D eigenvalue weighted by Gasteiger charge is 2.32. The number of fused-ring (bicyclic) bond motifs is 1. The molecule has 2 aliphatic heterocycles. The summed E-state index contributed by atoms with van der Waals surface area (Å²) in [7, 11) is 1.39. The van der Waals surface area contributed by atoms with Gasteiger partial charge in [0.2, 0.25) is 5.91 Å². The molecule has 164 valence electrons. The van der Waals surface area contributed by atoms with Crippen LogP contribution in [0, 0.1) is 0 Å². The zero-order valence-electron chi connectivity index (χ0n) is 17.4. The fraction of sp³-hybridized carbons (Fsp3) is 0.261. The van der Waals surface area contributed by atoms with Crippen molar-refractivity contribution in [1.29, 1.82) is 0 Å². The van der Waals surface area contributed by atoms with E-state index in [1.165, 1.54) is 25.2 Å². The number of amides is 4. The Morgan fingerprint density at radius 2 is 1.81 bits per heavy atom. The van der Waals surface area contributed by atoms with Crippen molar-refractivity contribution in [2.45, 2.75) is 19.4 Å². The number of nitrogens with one attached hydrogen (secondary N) is 1. The van der Waals surface area contributed by atoms with Gasteiger partial charge in [0.25, 0.3) is 17.7 Å². The van der Waals surface area contributed by atoms with E-state index in [1.54, 1.807) is 23.1 Å². The number of imide groups is 1. The Hall–Kier alpha value is -4.01. The third kappa shape index (κ3) is 4.22. The average Bonchev–Trinajstić information content (AvgIpc) is 3.28. The minimum Gasteiger partial charge on any atom is -0.452 e. The molecule has 1 saturated heterocycles. The normalized spacial score (nSPS) is 15.2. The summed E-state index contributed by atoms with van der Waals surface area (Å²) in [5, 5.41) is 2.55. The van der Waals surface area contributed by atoms with E-state index in [9.17, 15) is 24.0 Å². The summed E-state index contributed by atoms with van der Waals surface area (Å²) in [6.07, 6.45) is 1.38. The SMILES string of the molecule is CN1C(=O)c2ccc(NC(=O)COC(=O)c3cccc(CN4CCCC4=O)c3)cc2C1=O. The molecule has 2 heterocycles. The van der Waals surface area contributed by atoms with Gasteiger partial charge in [0.05, 0.1) is 16.7 Å². The smallest absolute Gasteiger partial charge is 0.338 e. The number of esters is 1. The van der Waals surface area contributed by atoms with E-state index in [2.05, 4.69) is 5.32 Å². The molecule has 0 aliphatic carbocycles. The Bertz CT molecular complexity index is 1140. The first-order valence-corrected chi connectivity index (χ1v) is 10.1. The summed E-state index contributed by atoms with van der Waals surface area (Å²) in [5.74, 6) is -1.98. The van der Waals surface area contributed by atoms with E-state index >= 15 is 0 Å². The van der Waals surface area contributed by atoms with Crippen molar-refractivity contribution in [3.8, 4) is 0 Å². The molecule has 32 heavy (non-hydrogen) atoms. The molecule has 0 unspecified atom stereocenters. The van der Waals surface area contributed by atoms with Crippen molar-refractivity contribution in [1.82, 2.24) is 9.80 Å². The molecule has 0 aromatic heterocycles. The van der Waals surface area contributed by atoms with Gasteiger partial charge in [-0.05, 0) is 42.3 Å². The number of carbonyl (C=O) groups is 5. The zero-order valence-corrected chi connectivity index (χ0v) is 17.4. The summed E-state index contributed by atoms with van der Waals surface area (Å²) in [4.78, 5) is 63.1. The van der Waals surface area contributed by atoms with E-state index in [0.29, 0.717) is 25.2 Å². The molecule has 1 N–H and O–H groups in total. The first-order valence-electron chi connectivity index (χ1n) is 10.1. The predicted octanol–water partition coefficient (Wildman–Crippen LogP) is 1.83. The number of carbonyl (C=O) groups excluding carboxylic acids is 5. The van der Waals surface area contributed by atoms with Gasteiger partial charge in [0.1, 0.15) is 0 Å². The van der Waals surface area contributed by atoms with Crippen LogP contribution in [-0.2, 0) is 20.9 Å². The van der Waals surface area contributed by atoms with E-state index in [-0.39, 0.29) is 22.6 Å². The molecule has 1 fully saturated rings. The predicted molar refractivity (Wildman–Crippen MR) is 113 cm³/mol. The maximum absolute atomic E-state index is 12.4. The monoisotopic (exact) mass is 435 g/mol. The molecule has 0 radical (unpaired) electrons. The van der Waals surface area contributed by atoms with Crippen LogP contribution in [-0.4, -0.2) is 59.6 Å². The molecular formula is C23H21N3O6. The summed E-state index contributed by atoms with van der Waals surface area (Å²) in [6.45, 7) is 0.610. The second-order valence-corrected chi connectivity index (χ2v) is 7.67. The van der Waals surface area contributed by atoms with Crippen LogP contribution < -0.4 is 5.32 Å². The van der Waals surface area contributed by atoms with E-state index in [4.69, 9.17) is 4.74 Å². The van der Waals surface area contributed by atoms with Gasteiger partial charge in [-0.15, -0.1) is 0 Å². The minimum atomic E-state index is -0.661. The van der Waals surface area contributed by atoms with Gasteiger partial charge in [-0.3, -0.25) is 24.1 Å². The average molecular weight is 435 g/mol. The van der Waals surface area contributed by atoms with Gasteiger partial charge < -0.3 is 15.0 Å². The highest BCUT2D eigenvalue weighted by Crippen LogP contribution is 2.24. The molecule has 2 aromatic carbocycles. The fourth-order valence-electron chi connectivity index (χ4n) is 3.74. The fourth-order valence-corrected chi connectivity index (χ4v) is 3.74. The summed E-state index contributed by atoms with van der Waals surface area (Å²) >= 11 is 0. The molecule has 0 saturated carbocycles. The number of hydrogen-bond donors (Lipinski definition) is 1. The number of rotatable bonds is 6. The lowest BCUT2D eigenvalue weighted by Gasteiger charge is -2.15. The molecular weight excluding hydrogens is 414 g/mol. The molecule has 4 amide bonds. The number of benzene rings is 2. The van der Waals surface area contributed by atoms with Crippen LogP contribution in [0.4, 0.5) is 5.69 Å².